The van der Waals surface area contributed by atoms with Gasteiger partial charge in [0.25, 0.3) is 0 Å². The van der Waals surface area contributed by atoms with Crippen molar-refractivity contribution >= 4 is 15.0 Å². The summed E-state index contributed by atoms with van der Waals surface area (Å²) < 4.78 is 10.7. The first-order chi connectivity index (χ1) is 6.47. The second-order valence-electron chi connectivity index (χ2n) is 3.60. The molecule has 0 aromatic heterocycles. The molecule has 1 atom stereocenters. The quantitative estimate of drug-likeness (QED) is 0.386. The lowest BCUT2D eigenvalue weighted by Crippen LogP contribution is -2.25. The Morgan fingerprint density at radius 3 is 2.43 bits per heavy atom. The van der Waals surface area contributed by atoms with E-state index in [4.69, 9.17) is 9.16 Å². The van der Waals surface area contributed by atoms with Gasteiger partial charge in [-0.25, -0.2) is 4.79 Å². The number of rotatable bonds is 6. The van der Waals surface area contributed by atoms with E-state index in [1.165, 1.54) is 0 Å². The molecule has 0 radical (unpaired) electrons. The standard InChI is InChI=1S/C10H20O3Si/c1-6-9(7-12-14(4)5)13-10(11)8(2)3/h9,14H,2,6-7H2,1,3-5H3. The predicted octanol–water partition coefficient (Wildman–Crippen LogP) is 1.88. The van der Waals surface area contributed by atoms with Crippen LogP contribution in [0.5, 0.6) is 0 Å². The Bertz CT molecular complexity index is 202. The van der Waals surface area contributed by atoms with Gasteiger partial charge in [-0.1, -0.05) is 13.5 Å². The Morgan fingerprint density at radius 2 is 2.07 bits per heavy atom. The lowest BCUT2D eigenvalue weighted by Gasteiger charge is -2.17. The second kappa shape index (κ2) is 6.78. The van der Waals surface area contributed by atoms with Gasteiger partial charge in [0.1, 0.15) is 6.10 Å². The van der Waals surface area contributed by atoms with Crippen molar-refractivity contribution in [2.45, 2.75) is 39.5 Å². The van der Waals surface area contributed by atoms with Gasteiger partial charge in [0.05, 0.1) is 6.61 Å². The monoisotopic (exact) mass is 216 g/mol. The Balaban J connectivity index is 3.90. The molecular formula is C10H20O3Si. The zero-order valence-electron chi connectivity index (χ0n) is 9.50. The Kier molecular flexibility index (Phi) is 6.49. The molecule has 0 fully saturated rings. The van der Waals surface area contributed by atoms with Gasteiger partial charge in [-0.2, -0.15) is 0 Å². The predicted molar refractivity (Wildman–Crippen MR) is 59.8 cm³/mol. The van der Waals surface area contributed by atoms with Crippen LogP contribution in [0, 0.1) is 0 Å². The molecule has 14 heavy (non-hydrogen) atoms. The van der Waals surface area contributed by atoms with Gasteiger partial charge in [0.15, 0.2) is 9.04 Å². The molecule has 0 aliphatic heterocycles. The van der Waals surface area contributed by atoms with Crippen molar-refractivity contribution in [3.63, 3.8) is 0 Å². The molecule has 0 aliphatic rings. The average Bonchev–Trinajstić information content (AvgIpc) is 2.11. The summed E-state index contributed by atoms with van der Waals surface area (Å²) in [6, 6.07) is 0. The van der Waals surface area contributed by atoms with Crippen LogP contribution >= 0.6 is 0 Å². The van der Waals surface area contributed by atoms with Crippen LogP contribution in [-0.2, 0) is 14.0 Å². The van der Waals surface area contributed by atoms with E-state index in [-0.39, 0.29) is 12.1 Å². The van der Waals surface area contributed by atoms with Crippen molar-refractivity contribution in [1.29, 1.82) is 0 Å². The van der Waals surface area contributed by atoms with E-state index in [2.05, 4.69) is 19.7 Å². The highest BCUT2D eigenvalue weighted by atomic mass is 28.3. The van der Waals surface area contributed by atoms with Gasteiger partial charge < -0.3 is 9.16 Å². The molecule has 0 aromatic carbocycles. The van der Waals surface area contributed by atoms with Crippen LogP contribution in [0.3, 0.4) is 0 Å². The van der Waals surface area contributed by atoms with E-state index in [1.807, 2.05) is 6.92 Å². The molecule has 0 amide bonds. The number of carbonyl (C=O) groups is 1. The highest BCUT2D eigenvalue weighted by Crippen LogP contribution is 2.04. The van der Waals surface area contributed by atoms with Gasteiger partial charge >= 0.3 is 5.97 Å². The molecule has 1 unspecified atom stereocenters. The number of hydrogen-bond acceptors (Lipinski definition) is 3. The zero-order chi connectivity index (χ0) is 11.1. The van der Waals surface area contributed by atoms with Gasteiger partial charge in [-0.05, 0) is 26.4 Å². The SMILES string of the molecule is C=C(C)C(=O)OC(CC)CO[SiH](C)C. The molecule has 0 aliphatic carbocycles. The van der Waals surface area contributed by atoms with Gasteiger partial charge in [-0.3, -0.25) is 0 Å². The summed E-state index contributed by atoms with van der Waals surface area (Å²) in [7, 11) is -1.02. The van der Waals surface area contributed by atoms with Crippen molar-refractivity contribution in [2.75, 3.05) is 6.61 Å². The third-order valence-electron chi connectivity index (χ3n) is 1.69. The smallest absolute Gasteiger partial charge is 0.333 e. The van der Waals surface area contributed by atoms with E-state index >= 15 is 0 Å². The minimum Gasteiger partial charge on any atom is -0.457 e. The zero-order valence-corrected chi connectivity index (χ0v) is 10.7. The molecule has 0 bridgehead atoms. The summed E-state index contributed by atoms with van der Waals surface area (Å²) >= 11 is 0. The highest BCUT2D eigenvalue weighted by molar-refractivity contribution is 6.48. The van der Waals surface area contributed by atoms with Crippen molar-refractivity contribution in [1.82, 2.24) is 0 Å². The third-order valence-corrected chi connectivity index (χ3v) is 2.55. The molecule has 0 spiro atoms. The molecule has 0 N–H and O–H groups in total. The maximum atomic E-state index is 11.2. The topological polar surface area (TPSA) is 35.5 Å². The van der Waals surface area contributed by atoms with Crippen LogP contribution in [0.25, 0.3) is 0 Å². The van der Waals surface area contributed by atoms with E-state index in [1.54, 1.807) is 6.92 Å². The maximum absolute atomic E-state index is 11.2. The first kappa shape index (κ1) is 13.4. The maximum Gasteiger partial charge on any atom is 0.333 e. The molecular weight excluding hydrogens is 196 g/mol. The van der Waals surface area contributed by atoms with Crippen LogP contribution in [0.15, 0.2) is 12.2 Å². The summed E-state index contributed by atoms with van der Waals surface area (Å²) in [5, 5.41) is 0. The number of hydrogen-bond donors (Lipinski definition) is 0. The minimum atomic E-state index is -1.02. The van der Waals surface area contributed by atoms with E-state index < -0.39 is 9.04 Å². The van der Waals surface area contributed by atoms with E-state index in [0.717, 1.165) is 6.42 Å². The molecule has 0 heterocycles. The summed E-state index contributed by atoms with van der Waals surface area (Å²) in [6.07, 6.45) is 0.647. The number of ether oxygens (including phenoxy) is 1. The molecule has 0 rings (SSSR count). The van der Waals surface area contributed by atoms with Crippen molar-refractivity contribution in [2.24, 2.45) is 0 Å². The highest BCUT2D eigenvalue weighted by Gasteiger charge is 2.13. The summed E-state index contributed by atoms with van der Waals surface area (Å²) in [5.41, 5.74) is 0.435. The van der Waals surface area contributed by atoms with Crippen LogP contribution < -0.4 is 0 Å². The Morgan fingerprint density at radius 1 is 1.50 bits per heavy atom. The Hall–Kier alpha value is -0.613. The second-order valence-corrected chi connectivity index (χ2v) is 6.03. The first-order valence-electron chi connectivity index (χ1n) is 4.95. The third kappa shape index (κ3) is 5.94. The van der Waals surface area contributed by atoms with Crippen LogP contribution in [0.2, 0.25) is 13.1 Å². The van der Waals surface area contributed by atoms with Gasteiger partial charge in [0, 0.05) is 5.57 Å². The fourth-order valence-corrected chi connectivity index (χ4v) is 1.39. The molecule has 4 heteroatoms. The lowest BCUT2D eigenvalue weighted by atomic mass is 10.3. The lowest BCUT2D eigenvalue weighted by molar-refractivity contribution is -0.145. The summed E-state index contributed by atoms with van der Waals surface area (Å²) in [6.45, 7) is 11.8. The van der Waals surface area contributed by atoms with Crippen LogP contribution in [0.4, 0.5) is 0 Å². The normalized spacial score (nSPS) is 12.6. The van der Waals surface area contributed by atoms with Gasteiger partial charge in [-0.15, -0.1) is 0 Å². The van der Waals surface area contributed by atoms with Crippen molar-refractivity contribution < 1.29 is 14.0 Å². The van der Waals surface area contributed by atoms with Crippen LogP contribution in [0.1, 0.15) is 20.3 Å². The minimum absolute atomic E-state index is 0.130. The van der Waals surface area contributed by atoms with Crippen molar-refractivity contribution in [3.8, 4) is 0 Å². The van der Waals surface area contributed by atoms with E-state index in [0.29, 0.717) is 12.2 Å². The van der Waals surface area contributed by atoms with Gasteiger partial charge in [0.2, 0.25) is 0 Å². The summed E-state index contributed by atoms with van der Waals surface area (Å²) in [5.74, 6) is -0.328. The van der Waals surface area contributed by atoms with Crippen molar-refractivity contribution in [3.05, 3.63) is 12.2 Å². The molecule has 0 saturated heterocycles. The van der Waals surface area contributed by atoms with E-state index in [9.17, 15) is 4.79 Å². The molecule has 82 valence electrons. The number of carbonyl (C=O) groups excluding carboxylic acids is 1. The number of esters is 1. The largest absolute Gasteiger partial charge is 0.457 e. The fraction of sp³-hybridized carbons (Fsp3) is 0.700. The Labute approximate surface area is 87.8 Å². The average molecular weight is 216 g/mol. The van der Waals surface area contributed by atoms with Crippen LogP contribution in [-0.4, -0.2) is 27.7 Å². The first-order valence-corrected chi connectivity index (χ1v) is 7.73. The molecule has 0 saturated carbocycles. The molecule has 3 nitrogen and oxygen atoms in total. The fourth-order valence-electron chi connectivity index (χ4n) is 0.787. The summed E-state index contributed by atoms with van der Waals surface area (Å²) in [4.78, 5) is 11.2. The molecule has 0 aromatic rings.